The van der Waals surface area contributed by atoms with Crippen molar-refractivity contribution in [3.63, 3.8) is 0 Å². The molecule has 2 aromatic carbocycles. The van der Waals surface area contributed by atoms with Crippen molar-refractivity contribution in [2.75, 3.05) is 10.2 Å². The monoisotopic (exact) mass is 432 g/mol. The number of thiophene rings is 1. The number of carbonyl (C=O) groups excluding carboxylic acids is 2. The molecule has 1 aromatic heterocycles. The largest absolute Gasteiger partial charge is 0.491 e. The van der Waals surface area contributed by atoms with Gasteiger partial charge >= 0.3 is 0 Å². The smallest absolute Gasteiger partial charge is 0.282 e. The van der Waals surface area contributed by atoms with Gasteiger partial charge in [-0.25, -0.2) is 4.90 Å². The molecule has 5 nitrogen and oxygen atoms in total. The van der Waals surface area contributed by atoms with Crippen LogP contribution in [0.4, 0.5) is 11.4 Å². The summed E-state index contributed by atoms with van der Waals surface area (Å²) in [7, 11) is 0. The first-order chi connectivity index (χ1) is 14.8. The molecule has 158 valence electrons. The molecular formula is C25H24N2O3S. The average molecular weight is 433 g/mol. The van der Waals surface area contributed by atoms with E-state index in [1.807, 2.05) is 57.3 Å². The van der Waals surface area contributed by atoms with E-state index in [-0.39, 0.29) is 17.9 Å². The fourth-order valence-electron chi connectivity index (χ4n) is 3.67. The van der Waals surface area contributed by atoms with Crippen molar-refractivity contribution in [1.82, 2.24) is 0 Å². The predicted molar refractivity (Wildman–Crippen MR) is 125 cm³/mol. The Hall–Kier alpha value is -3.38. The molecule has 0 radical (unpaired) electrons. The Bertz CT molecular complexity index is 1140. The summed E-state index contributed by atoms with van der Waals surface area (Å²) in [5.74, 6) is -0.0141. The number of carbonyl (C=O) groups is 2. The maximum Gasteiger partial charge on any atom is 0.282 e. The lowest BCUT2D eigenvalue weighted by molar-refractivity contribution is -0.120. The number of nitrogens with one attached hydrogen (secondary N) is 1. The third kappa shape index (κ3) is 4.25. The van der Waals surface area contributed by atoms with Crippen molar-refractivity contribution in [2.24, 2.45) is 0 Å². The van der Waals surface area contributed by atoms with Crippen LogP contribution in [0.1, 0.15) is 29.9 Å². The maximum atomic E-state index is 13.4. The number of anilines is 2. The molecule has 0 bridgehead atoms. The molecule has 2 amide bonds. The van der Waals surface area contributed by atoms with Crippen LogP contribution in [0.15, 0.2) is 65.7 Å². The minimum atomic E-state index is -0.370. The lowest BCUT2D eigenvalue weighted by Gasteiger charge is -2.17. The lowest BCUT2D eigenvalue weighted by Crippen LogP contribution is -2.32. The molecule has 0 saturated heterocycles. The number of rotatable bonds is 6. The predicted octanol–water partition coefficient (Wildman–Crippen LogP) is 5.55. The van der Waals surface area contributed by atoms with Gasteiger partial charge in [-0.1, -0.05) is 12.1 Å². The Labute approximate surface area is 186 Å². The molecule has 31 heavy (non-hydrogen) atoms. The first-order valence-corrected chi connectivity index (χ1v) is 11.0. The zero-order chi connectivity index (χ0) is 22.1. The van der Waals surface area contributed by atoms with Crippen LogP contribution >= 0.6 is 11.3 Å². The molecule has 2 heterocycles. The Morgan fingerprint density at radius 3 is 2.19 bits per heavy atom. The topological polar surface area (TPSA) is 58.6 Å². The van der Waals surface area contributed by atoms with Gasteiger partial charge < -0.3 is 10.1 Å². The third-order valence-corrected chi connectivity index (χ3v) is 5.70. The molecule has 0 saturated carbocycles. The van der Waals surface area contributed by atoms with E-state index < -0.39 is 0 Å². The summed E-state index contributed by atoms with van der Waals surface area (Å²) >= 11 is 1.44. The fraction of sp³-hybridized carbons (Fsp3) is 0.200. The van der Waals surface area contributed by atoms with E-state index in [2.05, 4.69) is 11.4 Å². The minimum absolute atomic E-state index is 0.0431. The van der Waals surface area contributed by atoms with Crippen LogP contribution in [0.5, 0.6) is 5.75 Å². The highest BCUT2D eigenvalue weighted by atomic mass is 32.1. The quantitative estimate of drug-likeness (QED) is 0.519. The highest BCUT2D eigenvalue weighted by Crippen LogP contribution is 2.36. The summed E-state index contributed by atoms with van der Waals surface area (Å²) in [6.07, 6.45) is 0.0431. The van der Waals surface area contributed by atoms with Gasteiger partial charge in [0.25, 0.3) is 11.8 Å². The molecule has 0 aliphatic carbocycles. The highest BCUT2D eigenvalue weighted by Gasteiger charge is 2.40. The Balaban J connectivity index is 1.72. The molecule has 1 aliphatic heterocycles. The number of nitrogens with zero attached hydrogens (tertiary/aromatic N) is 1. The summed E-state index contributed by atoms with van der Waals surface area (Å²) < 4.78 is 5.68. The van der Waals surface area contributed by atoms with E-state index in [0.717, 1.165) is 21.7 Å². The van der Waals surface area contributed by atoms with Crippen LogP contribution in [-0.2, 0) is 9.59 Å². The molecule has 3 aromatic rings. The van der Waals surface area contributed by atoms with Crippen molar-refractivity contribution in [3.8, 4) is 5.75 Å². The van der Waals surface area contributed by atoms with E-state index in [1.165, 1.54) is 16.2 Å². The van der Waals surface area contributed by atoms with Gasteiger partial charge in [0, 0.05) is 10.6 Å². The molecule has 0 atom stereocenters. The van der Waals surface area contributed by atoms with Crippen molar-refractivity contribution < 1.29 is 14.3 Å². The van der Waals surface area contributed by atoms with Gasteiger partial charge in [-0.3, -0.25) is 9.59 Å². The summed E-state index contributed by atoms with van der Waals surface area (Å²) in [6.45, 7) is 7.90. The maximum absolute atomic E-state index is 13.4. The standard InChI is InChI=1S/C25H24N2O3S/c1-15(2)30-20-9-7-19(8-10-20)27-24(28)22(21-6-5-11-31-21)23(25(27)29)26-18-13-16(3)12-17(4)14-18/h5-15,26H,1-4H3. The van der Waals surface area contributed by atoms with Gasteiger partial charge in [0.15, 0.2) is 0 Å². The van der Waals surface area contributed by atoms with Crippen molar-refractivity contribution in [1.29, 1.82) is 0 Å². The minimum Gasteiger partial charge on any atom is -0.491 e. The lowest BCUT2D eigenvalue weighted by atomic mass is 10.1. The molecule has 0 unspecified atom stereocenters. The fourth-order valence-corrected chi connectivity index (χ4v) is 4.43. The van der Waals surface area contributed by atoms with Gasteiger partial charge in [0.1, 0.15) is 11.4 Å². The van der Waals surface area contributed by atoms with Gasteiger partial charge in [-0.05, 0) is 86.7 Å². The summed E-state index contributed by atoms with van der Waals surface area (Å²) in [4.78, 5) is 28.8. The van der Waals surface area contributed by atoms with Crippen molar-refractivity contribution in [3.05, 3.63) is 81.7 Å². The first-order valence-electron chi connectivity index (χ1n) is 10.1. The zero-order valence-corrected chi connectivity index (χ0v) is 18.7. The molecular weight excluding hydrogens is 408 g/mol. The second-order valence-corrected chi connectivity index (χ2v) is 8.78. The van der Waals surface area contributed by atoms with Crippen LogP contribution in [0.2, 0.25) is 0 Å². The first kappa shape index (κ1) is 20.9. The van der Waals surface area contributed by atoms with Crippen molar-refractivity contribution in [2.45, 2.75) is 33.8 Å². The Kier molecular flexibility index (Phi) is 5.65. The van der Waals surface area contributed by atoms with E-state index in [9.17, 15) is 9.59 Å². The normalized spacial score (nSPS) is 14.0. The average Bonchev–Trinajstić information content (AvgIpc) is 3.29. The van der Waals surface area contributed by atoms with Crippen LogP contribution in [0.3, 0.4) is 0 Å². The molecule has 6 heteroatoms. The molecule has 1 aliphatic rings. The number of hydrogen-bond donors (Lipinski definition) is 1. The SMILES string of the molecule is Cc1cc(C)cc(NC2=C(c3cccs3)C(=O)N(c3ccc(OC(C)C)cc3)C2=O)c1. The number of benzene rings is 2. The summed E-state index contributed by atoms with van der Waals surface area (Å²) in [5.41, 5.74) is 4.13. The van der Waals surface area contributed by atoms with Gasteiger partial charge in [-0.15, -0.1) is 11.3 Å². The van der Waals surface area contributed by atoms with Gasteiger partial charge in [0.05, 0.1) is 17.4 Å². The molecule has 1 N–H and O–H groups in total. The zero-order valence-electron chi connectivity index (χ0n) is 17.9. The molecule has 0 spiro atoms. The number of hydrogen-bond acceptors (Lipinski definition) is 5. The van der Waals surface area contributed by atoms with Gasteiger partial charge in [-0.2, -0.15) is 0 Å². The van der Waals surface area contributed by atoms with Crippen LogP contribution in [-0.4, -0.2) is 17.9 Å². The number of imide groups is 1. The number of ether oxygens (including phenoxy) is 1. The van der Waals surface area contributed by atoms with E-state index in [1.54, 1.807) is 24.3 Å². The molecule has 4 rings (SSSR count). The van der Waals surface area contributed by atoms with Crippen LogP contribution < -0.4 is 15.0 Å². The summed E-state index contributed by atoms with van der Waals surface area (Å²) in [5, 5.41) is 5.13. The number of amides is 2. The van der Waals surface area contributed by atoms with E-state index >= 15 is 0 Å². The highest BCUT2D eigenvalue weighted by molar-refractivity contribution is 7.11. The number of aryl methyl sites for hydroxylation is 2. The second kappa shape index (κ2) is 8.40. The van der Waals surface area contributed by atoms with E-state index in [0.29, 0.717) is 22.7 Å². The van der Waals surface area contributed by atoms with Crippen LogP contribution in [0.25, 0.3) is 5.57 Å². The van der Waals surface area contributed by atoms with E-state index in [4.69, 9.17) is 4.74 Å². The molecule has 0 fully saturated rings. The third-order valence-electron chi connectivity index (χ3n) is 4.81. The van der Waals surface area contributed by atoms with Gasteiger partial charge in [0.2, 0.25) is 0 Å². The Morgan fingerprint density at radius 1 is 0.935 bits per heavy atom. The van der Waals surface area contributed by atoms with Crippen molar-refractivity contribution >= 4 is 40.1 Å². The Morgan fingerprint density at radius 2 is 1.61 bits per heavy atom. The van der Waals surface area contributed by atoms with Crippen LogP contribution in [0, 0.1) is 13.8 Å². The second-order valence-electron chi connectivity index (χ2n) is 7.83. The summed E-state index contributed by atoms with van der Waals surface area (Å²) in [6, 6.07) is 16.7.